The molecule has 1 spiro atoms. The Morgan fingerprint density at radius 3 is 2.74 bits per heavy atom. The van der Waals surface area contributed by atoms with Gasteiger partial charge in [0, 0.05) is 30.5 Å². The van der Waals surface area contributed by atoms with E-state index in [9.17, 15) is 18.6 Å². The van der Waals surface area contributed by atoms with Crippen molar-refractivity contribution in [2.45, 2.75) is 38.7 Å². The molecule has 0 atom stereocenters. The number of carbonyl (C=O) groups excluding carboxylic acids is 2. The van der Waals surface area contributed by atoms with Gasteiger partial charge in [-0.3, -0.25) is 14.4 Å². The van der Waals surface area contributed by atoms with E-state index in [1.165, 1.54) is 6.07 Å². The fraction of sp³-hybridized carbons (Fsp3) is 0.647. The van der Waals surface area contributed by atoms with E-state index >= 15 is 0 Å². The Kier molecular flexibility index (Phi) is 5.48. The molecule has 3 heterocycles. The molecule has 2 amide bonds. The van der Waals surface area contributed by atoms with Gasteiger partial charge in [-0.25, -0.2) is 9.31 Å². The van der Waals surface area contributed by atoms with Crippen molar-refractivity contribution in [2.75, 3.05) is 31.2 Å². The molecule has 1 aromatic rings. The van der Waals surface area contributed by atoms with Crippen LogP contribution in [-0.4, -0.2) is 67.9 Å². The lowest BCUT2D eigenvalue weighted by Gasteiger charge is -2.45. The van der Waals surface area contributed by atoms with Crippen molar-refractivity contribution >= 4 is 21.5 Å². The minimum atomic E-state index is -2.54. The van der Waals surface area contributed by atoms with Gasteiger partial charge in [0.2, 0.25) is 0 Å². The van der Waals surface area contributed by atoms with Gasteiger partial charge in [0.15, 0.2) is 5.69 Å². The van der Waals surface area contributed by atoms with Gasteiger partial charge in [-0.1, -0.05) is 6.92 Å². The summed E-state index contributed by atoms with van der Waals surface area (Å²) in [5.74, 6) is -0.0199. The number of hydrogen-bond donors (Lipinski definition) is 1. The van der Waals surface area contributed by atoms with E-state index in [-0.39, 0.29) is 41.0 Å². The molecule has 0 unspecified atom stereocenters. The number of carbonyl (C=O) groups is 2. The van der Waals surface area contributed by atoms with Crippen LogP contribution in [0.3, 0.4) is 0 Å². The van der Waals surface area contributed by atoms with Crippen LogP contribution < -0.4 is 5.56 Å². The van der Waals surface area contributed by atoms with Crippen LogP contribution in [0.15, 0.2) is 15.2 Å². The second kappa shape index (κ2) is 7.51. The first-order valence-electron chi connectivity index (χ1n) is 9.01. The van der Waals surface area contributed by atoms with Gasteiger partial charge in [-0.05, 0) is 25.3 Å². The predicted molar refractivity (Wildman–Crippen MR) is 99.0 cm³/mol. The van der Waals surface area contributed by atoms with Crippen LogP contribution in [-0.2, 0) is 19.3 Å². The van der Waals surface area contributed by atoms with Crippen LogP contribution in [0.2, 0.25) is 0 Å². The van der Waals surface area contributed by atoms with Gasteiger partial charge in [0.1, 0.15) is 0 Å². The van der Waals surface area contributed by atoms with Gasteiger partial charge < -0.3 is 9.64 Å². The highest BCUT2D eigenvalue weighted by Crippen LogP contribution is 2.32. The van der Waals surface area contributed by atoms with E-state index in [2.05, 4.69) is 14.6 Å². The zero-order valence-corrected chi connectivity index (χ0v) is 16.3. The van der Waals surface area contributed by atoms with E-state index in [1.54, 1.807) is 18.7 Å². The van der Waals surface area contributed by atoms with Crippen molar-refractivity contribution in [1.82, 2.24) is 15.1 Å². The second-order valence-electron chi connectivity index (χ2n) is 7.04. The molecule has 0 bridgehead atoms. The third kappa shape index (κ3) is 4.27. The maximum absolute atomic E-state index is 12.8. The molecule has 0 aromatic carbocycles. The molecule has 2 saturated heterocycles. The second-order valence-corrected chi connectivity index (χ2v) is 9.59. The highest BCUT2D eigenvalue weighted by Gasteiger charge is 2.43. The molecular weight excluding hydrogens is 372 g/mol. The first-order chi connectivity index (χ1) is 12.8. The molecule has 10 heteroatoms. The summed E-state index contributed by atoms with van der Waals surface area (Å²) < 4.78 is 22.6. The van der Waals surface area contributed by atoms with E-state index < -0.39 is 15.3 Å². The van der Waals surface area contributed by atoms with Gasteiger partial charge in [-0.15, -0.1) is 0 Å². The number of nitrogens with zero attached hydrogens (tertiary/aromatic N) is 3. The Morgan fingerprint density at radius 2 is 2.11 bits per heavy atom. The quantitative estimate of drug-likeness (QED) is 0.776. The van der Waals surface area contributed by atoms with Crippen molar-refractivity contribution < 1.29 is 18.5 Å². The zero-order chi connectivity index (χ0) is 19.7. The molecule has 2 aliphatic rings. The number of H-pyrrole nitrogens is 1. The van der Waals surface area contributed by atoms with Crippen LogP contribution in [0.25, 0.3) is 0 Å². The summed E-state index contributed by atoms with van der Waals surface area (Å²) in [6, 6.07) is 1.35. The standard InChI is InChI=1S/C17H24N4O5S/c1-3-13(22)20-27(25)8-4-17(5-9-27)11-21(6-7-26-17)16(24)15-12(2)10-14(23)18-19-15/h10H,3-9,11H2,1-2H3,(H,18,23). The fourth-order valence-electron chi connectivity index (χ4n) is 3.44. The summed E-state index contributed by atoms with van der Waals surface area (Å²) in [5.41, 5.74) is -0.187. The van der Waals surface area contributed by atoms with Gasteiger partial charge >= 0.3 is 0 Å². The number of aromatic nitrogens is 2. The molecule has 2 fully saturated rings. The third-order valence-corrected chi connectivity index (χ3v) is 7.28. The van der Waals surface area contributed by atoms with E-state index in [0.717, 1.165) is 0 Å². The molecule has 0 saturated carbocycles. The number of ether oxygens (including phenoxy) is 1. The largest absolute Gasteiger partial charge is 0.371 e. The molecule has 0 aliphatic carbocycles. The van der Waals surface area contributed by atoms with Crippen molar-refractivity contribution in [3.8, 4) is 0 Å². The fourth-order valence-corrected chi connectivity index (χ4v) is 5.71. The molecule has 27 heavy (non-hydrogen) atoms. The Labute approximate surface area is 157 Å². The molecule has 1 N–H and O–H groups in total. The highest BCUT2D eigenvalue weighted by molar-refractivity contribution is 7.93. The van der Waals surface area contributed by atoms with Crippen LogP contribution in [0.1, 0.15) is 42.2 Å². The van der Waals surface area contributed by atoms with E-state index in [0.29, 0.717) is 38.1 Å². The molecule has 0 radical (unpaired) electrons. The number of morpholine rings is 1. The van der Waals surface area contributed by atoms with Gasteiger partial charge in [0.05, 0.1) is 28.5 Å². The number of aryl methyl sites for hydroxylation is 1. The third-order valence-electron chi connectivity index (χ3n) is 5.06. The lowest BCUT2D eigenvalue weighted by atomic mass is 9.94. The number of nitrogens with one attached hydrogen (secondary N) is 1. The molecule has 1 aromatic heterocycles. The SMILES string of the molecule is CCC(=O)N=S1(=O)CCC2(CC1)CN(C(=O)c1n[nH]c(=O)cc1C)CCO2. The Hall–Kier alpha value is -2.07. The highest BCUT2D eigenvalue weighted by atomic mass is 32.2. The lowest BCUT2D eigenvalue weighted by molar-refractivity contribution is -0.117. The Balaban J connectivity index is 1.74. The number of hydrogen-bond acceptors (Lipinski definition) is 6. The van der Waals surface area contributed by atoms with Crippen molar-refractivity contribution in [3.63, 3.8) is 0 Å². The van der Waals surface area contributed by atoms with Crippen LogP contribution in [0.5, 0.6) is 0 Å². The zero-order valence-electron chi connectivity index (χ0n) is 15.5. The first-order valence-corrected chi connectivity index (χ1v) is 10.9. The number of rotatable bonds is 2. The summed E-state index contributed by atoms with van der Waals surface area (Å²) in [7, 11) is -2.54. The van der Waals surface area contributed by atoms with E-state index in [1.807, 2.05) is 0 Å². The summed E-state index contributed by atoms with van der Waals surface area (Å²) in [6.45, 7) is 4.53. The van der Waals surface area contributed by atoms with Gasteiger partial charge in [0.25, 0.3) is 17.4 Å². The Morgan fingerprint density at radius 1 is 1.41 bits per heavy atom. The molecule has 9 nitrogen and oxygen atoms in total. The smallest absolute Gasteiger partial charge is 0.274 e. The van der Waals surface area contributed by atoms with Crippen LogP contribution in [0.4, 0.5) is 0 Å². The summed E-state index contributed by atoms with van der Waals surface area (Å²) in [6.07, 6.45) is 1.20. The van der Waals surface area contributed by atoms with Crippen molar-refractivity contribution in [3.05, 3.63) is 27.7 Å². The number of amides is 2. The molecule has 148 valence electrons. The predicted octanol–water partition coefficient (Wildman–Crippen LogP) is 0.488. The average Bonchev–Trinajstić information content (AvgIpc) is 2.64. The Bertz CT molecular complexity index is 917. The van der Waals surface area contributed by atoms with E-state index in [4.69, 9.17) is 4.74 Å². The maximum atomic E-state index is 12.8. The minimum Gasteiger partial charge on any atom is -0.371 e. The minimum absolute atomic E-state index is 0.217. The summed E-state index contributed by atoms with van der Waals surface area (Å²) in [4.78, 5) is 37.4. The number of aromatic amines is 1. The monoisotopic (exact) mass is 396 g/mol. The lowest BCUT2D eigenvalue weighted by Crippen LogP contribution is -2.56. The maximum Gasteiger partial charge on any atom is 0.274 e. The molecule has 3 rings (SSSR count). The van der Waals surface area contributed by atoms with Crippen LogP contribution in [0, 0.1) is 6.92 Å². The van der Waals surface area contributed by atoms with Crippen LogP contribution >= 0.6 is 0 Å². The normalized spacial score (nSPS) is 28.1. The average molecular weight is 396 g/mol. The van der Waals surface area contributed by atoms with Crippen molar-refractivity contribution in [2.24, 2.45) is 4.36 Å². The first kappa shape index (κ1) is 19.7. The van der Waals surface area contributed by atoms with Gasteiger partial charge in [-0.2, -0.15) is 9.46 Å². The summed E-state index contributed by atoms with van der Waals surface area (Å²) >= 11 is 0. The molecule has 2 aliphatic heterocycles. The summed E-state index contributed by atoms with van der Waals surface area (Å²) in [5, 5.41) is 6.18. The van der Waals surface area contributed by atoms with Crippen molar-refractivity contribution in [1.29, 1.82) is 0 Å². The molecular formula is C17H24N4O5S. The topological polar surface area (TPSA) is 122 Å².